The number of halogens is 1. The third-order valence-electron chi connectivity index (χ3n) is 2.23. The lowest BCUT2D eigenvalue weighted by molar-refractivity contribution is -0.163. The Kier molecular flexibility index (Phi) is 3.66. The van der Waals surface area contributed by atoms with Crippen LogP contribution in [0.2, 0.25) is 0 Å². The van der Waals surface area contributed by atoms with Gasteiger partial charge in [0.15, 0.2) is 0 Å². The molecule has 0 aromatic carbocycles. The number of alkyl halides is 1. The second-order valence-electron chi connectivity index (χ2n) is 3.45. The first kappa shape index (κ1) is 10.4. The van der Waals surface area contributed by atoms with E-state index in [4.69, 9.17) is 9.84 Å². The van der Waals surface area contributed by atoms with Crippen LogP contribution in [0.5, 0.6) is 0 Å². The Morgan fingerprint density at radius 2 is 2.15 bits per heavy atom. The van der Waals surface area contributed by atoms with Crippen molar-refractivity contribution in [3.05, 3.63) is 0 Å². The molecule has 1 rings (SSSR count). The molecular weight excluding hydrogens is 175 g/mol. The van der Waals surface area contributed by atoms with E-state index in [1.165, 1.54) is 6.92 Å². The zero-order valence-electron chi connectivity index (χ0n) is 7.70. The van der Waals surface area contributed by atoms with Crippen molar-refractivity contribution in [2.45, 2.75) is 51.0 Å². The van der Waals surface area contributed by atoms with Crippen molar-refractivity contribution in [2.24, 2.45) is 0 Å². The largest absolute Gasteiger partial charge is 0.457 e. The zero-order chi connectivity index (χ0) is 9.84. The van der Waals surface area contributed by atoms with Crippen LogP contribution in [-0.2, 0) is 9.53 Å². The minimum absolute atomic E-state index is 0.456. The SMILES string of the molecule is CC(O)C(=O)OC1CCCCC1F. The molecule has 13 heavy (non-hydrogen) atoms. The third kappa shape index (κ3) is 2.95. The molecule has 0 aliphatic heterocycles. The number of aliphatic hydroxyl groups excluding tert-OH is 1. The lowest BCUT2D eigenvalue weighted by atomic mass is 9.96. The van der Waals surface area contributed by atoms with Crippen LogP contribution in [0.1, 0.15) is 32.6 Å². The van der Waals surface area contributed by atoms with Crippen LogP contribution in [0, 0.1) is 0 Å². The smallest absolute Gasteiger partial charge is 0.335 e. The van der Waals surface area contributed by atoms with Crippen LogP contribution < -0.4 is 0 Å². The summed E-state index contributed by atoms with van der Waals surface area (Å²) in [6.45, 7) is 1.32. The second kappa shape index (κ2) is 4.56. The van der Waals surface area contributed by atoms with Gasteiger partial charge in [0.05, 0.1) is 0 Å². The van der Waals surface area contributed by atoms with Gasteiger partial charge in [-0.05, 0) is 26.2 Å². The quantitative estimate of drug-likeness (QED) is 0.665. The van der Waals surface area contributed by atoms with Gasteiger partial charge in [-0.15, -0.1) is 0 Å². The van der Waals surface area contributed by atoms with Crippen LogP contribution in [0.4, 0.5) is 4.39 Å². The molecule has 4 heteroatoms. The van der Waals surface area contributed by atoms with Crippen LogP contribution >= 0.6 is 0 Å². The highest BCUT2D eigenvalue weighted by atomic mass is 19.1. The highest BCUT2D eigenvalue weighted by Gasteiger charge is 2.28. The summed E-state index contributed by atoms with van der Waals surface area (Å²) in [4.78, 5) is 10.9. The highest BCUT2D eigenvalue weighted by molar-refractivity contribution is 5.74. The normalized spacial score (nSPS) is 31.0. The summed E-state index contributed by atoms with van der Waals surface area (Å²) < 4.78 is 17.9. The van der Waals surface area contributed by atoms with Crippen molar-refractivity contribution >= 4 is 5.97 Å². The van der Waals surface area contributed by atoms with Gasteiger partial charge >= 0.3 is 5.97 Å². The maximum Gasteiger partial charge on any atom is 0.335 e. The monoisotopic (exact) mass is 190 g/mol. The average molecular weight is 190 g/mol. The summed E-state index contributed by atoms with van der Waals surface area (Å²) in [5.41, 5.74) is 0. The number of hydrogen-bond donors (Lipinski definition) is 1. The summed E-state index contributed by atoms with van der Waals surface area (Å²) in [5.74, 6) is -0.727. The van der Waals surface area contributed by atoms with Crippen molar-refractivity contribution in [1.29, 1.82) is 0 Å². The second-order valence-corrected chi connectivity index (χ2v) is 3.45. The minimum Gasteiger partial charge on any atom is -0.457 e. The standard InChI is InChI=1S/C9H15FO3/c1-6(11)9(12)13-8-5-3-2-4-7(8)10/h6-8,11H,2-5H2,1H3. The lowest BCUT2D eigenvalue weighted by Gasteiger charge is -2.25. The minimum atomic E-state index is -1.16. The Morgan fingerprint density at radius 3 is 2.69 bits per heavy atom. The molecule has 1 aliphatic rings. The van der Waals surface area contributed by atoms with Crippen molar-refractivity contribution in [1.82, 2.24) is 0 Å². The molecule has 3 atom stereocenters. The van der Waals surface area contributed by atoms with Gasteiger partial charge in [0.25, 0.3) is 0 Å². The van der Waals surface area contributed by atoms with E-state index in [9.17, 15) is 9.18 Å². The number of aliphatic hydroxyl groups is 1. The van der Waals surface area contributed by atoms with Gasteiger partial charge in [0, 0.05) is 0 Å². The molecule has 0 aromatic rings. The molecular formula is C9H15FO3. The predicted molar refractivity (Wildman–Crippen MR) is 44.9 cm³/mol. The number of ether oxygens (including phenoxy) is 1. The molecule has 0 aromatic heterocycles. The Hall–Kier alpha value is -0.640. The molecule has 1 N–H and O–H groups in total. The fraction of sp³-hybridized carbons (Fsp3) is 0.889. The van der Waals surface area contributed by atoms with E-state index in [-0.39, 0.29) is 0 Å². The van der Waals surface area contributed by atoms with Gasteiger partial charge in [-0.1, -0.05) is 6.42 Å². The van der Waals surface area contributed by atoms with Crippen LogP contribution in [0.3, 0.4) is 0 Å². The average Bonchev–Trinajstić information content (AvgIpc) is 2.08. The molecule has 1 aliphatic carbocycles. The van der Waals surface area contributed by atoms with Crippen LogP contribution in [-0.4, -0.2) is 29.5 Å². The van der Waals surface area contributed by atoms with Crippen molar-refractivity contribution < 1.29 is 19.0 Å². The van der Waals surface area contributed by atoms with E-state index >= 15 is 0 Å². The number of carbonyl (C=O) groups excluding carboxylic acids is 1. The molecule has 76 valence electrons. The first-order chi connectivity index (χ1) is 6.11. The Labute approximate surface area is 76.9 Å². The lowest BCUT2D eigenvalue weighted by Crippen LogP contribution is -2.34. The number of rotatable bonds is 2. The van der Waals surface area contributed by atoms with Crippen molar-refractivity contribution in [3.63, 3.8) is 0 Å². The summed E-state index contributed by atoms with van der Waals surface area (Å²) in [6.07, 6.45) is -0.0964. The molecule has 3 unspecified atom stereocenters. The fourth-order valence-corrected chi connectivity index (χ4v) is 1.43. The molecule has 0 bridgehead atoms. The Morgan fingerprint density at radius 1 is 1.54 bits per heavy atom. The van der Waals surface area contributed by atoms with Crippen molar-refractivity contribution in [3.8, 4) is 0 Å². The first-order valence-electron chi connectivity index (χ1n) is 4.64. The molecule has 0 heterocycles. The van der Waals surface area contributed by atoms with E-state index in [1.807, 2.05) is 0 Å². The topological polar surface area (TPSA) is 46.5 Å². The van der Waals surface area contributed by atoms with Gasteiger partial charge in [-0.2, -0.15) is 0 Å². The molecule has 0 radical (unpaired) electrons. The Balaban J connectivity index is 2.38. The molecule has 0 saturated heterocycles. The summed E-state index contributed by atoms with van der Waals surface area (Å²) in [6, 6.07) is 0. The van der Waals surface area contributed by atoms with Gasteiger partial charge in [-0.25, -0.2) is 9.18 Å². The molecule has 1 fully saturated rings. The predicted octanol–water partition coefficient (Wildman–Crippen LogP) is 1.19. The molecule has 1 saturated carbocycles. The fourth-order valence-electron chi connectivity index (χ4n) is 1.43. The number of esters is 1. The van der Waals surface area contributed by atoms with Gasteiger partial charge in [0.1, 0.15) is 18.4 Å². The van der Waals surface area contributed by atoms with E-state index in [0.29, 0.717) is 12.8 Å². The first-order valence-corrected chi connectivity index (χ1v) is 4.64. The maximum absolute atomic E-state index is 13.1. The van der Waals surface area contributed by atoms with Gasteiger partial charge in [-0.3, -0.25) is 0 Å². The molecule has 3 nitrogen and oxygen atoms in total. The van der Waals surface area contributed by atoms with E-state index in [1.54, 1.807) is 0 Å². The zero-order valence-corrected chi connectivity index (χ0v) is 7.70. The molecule has 0 spiro atoms. The van der Waals surface area contributed by atoms with E-state index in [2.05, 4.69) is 0 Å². The summed E-state index contributed by atoms with van der Waals surface area (Å²) >= 11 is 0. The summed E-state index contributed by atoms with van der Waals surface area (Å²) in [5, 5.41) is 8.84. The third-order valence-corrected chi connectivity index (χ3v) is 2.23. The van der Waals surface area contributed by atoms with Gasteiger partial charge < -0.3 is 9.84 Å². The highest BCUT2D eigenvalue weighted by Crippen LogP contribution is 2.23. The Bertz CT molecular complexity index is 182. The summed E-state index contributed by atoms with van der Waals surface area (Å²) in [7, 11) is 0. The number of carbonyl (C=O) groups is 1. The van der Waals surface area contributed by atoms with Crippen LogP contribution in [0.15, 0.2) is 0 Å². The van der Waals surface area contributed by atoms with Gasteiger partial charge in [0.2, 0.25) is 0 Å². The van der Waals surface area contributed by atoms with Crippen LogP contribution in [0.25, 0.3) is 0 Å². The van der Waals surface area contributed by atoms with E-state index in [0.717, 1.165) is 12.8 Å². The van der Waals surface area contributed by atoms with E-state index < -0.39 is 24.3 Å². The number of hydrogen-bond acceptors (Lipinski definition) is 3. The maximum atomic E-state index is 13.1. The molecule has 0 amide bonds. The van der Waals surface area contributed by atoms with Crippen molar-refractivity contribution in [2.75, 3.05) is 0 Å².